The Balaban J connectivity index is 1.50. The molecule has 7 rings (SSSR count). The summed E-state index contributed by atoms with van der Waals surface area (Å²) >= 11 is 0. The summed E-state index contributed by atoms with van der Waals surface area (Å²) in [7, 11) is -3.86. The number of rotatable bonds is 2. The second-order valence-corrected chi connectivity index (χ2v) is 9.88. The van der Waals surface area contributed by atoms with Gasteiger partial charge in [-0.15, -0.1) is 0 Å². The van der Waals surface area contributed by atoms with E-state index in [9.17, 15) is 18.0 Å². The SMILES string of the molecule is NS(=O)(=O)c1ccc(N2C(=O)[C@H]3C4c5ccccc5C(c5ccccc54)[C@@H]3C2=O)cc1. The first-order valence-electron chi connectivity index (χ1n) is 10.1. The van der Waals surface area contributed by atoms with E-state index in [1.54, 1.807) is 0 Å². The maximum Gasteiger partial charge on any atom is 0.238 e. The summed E-state index contributed by atoms with van der Waals surface area (Å²) in [6.45, 7) is 0. The van der Waals surface area contributed by atoms with E-state index in [4.69, 9.17) is 5.14 Å². The van der Waals surface area contributed by atoms with Crippen LogP contribution in [-0.4, -0.2) is 20.2 Å². The van der Waals surface area contributed by atoms with Crippen LogP contribution in [0.4, 0.5) is 5.69 Å². The highest BCUT2D eigenvalue weighted by Gasteiger charge is 2.61. The van der Waals surface area contributed by atoms with E-state index in [0.29, 0.717) is 5.69 Å². The van der Waals surface area contributed by atoms with Gasteiger partial charge in [-0.05, 0) is 46.5 Å². The maximum atomic E-state index is 13.6. The maximum absolute atomic E-state index is 13.6. The van der Waals surface area contributed by atoms with Crippen molar-refractivity contribution < 1.29 is 18.0 Å². The first kappa shape index (κ1) is 18.5. The third kappa shape index (κ3) is 2.38. The number of hydrogen-bond donors (Lipinski definition) is 1. The number of sulfonamides is 1. The lowest BCUT2D eigenvalue weighted by molar-refractivity contribution is -0.122. The summed E-state index contributed by atoms with van der Waals surface area (Å²) in [6.07, 6.45) is 0. The fraction of sp³-hybridized carbons (Fsp3) is 0.167. The number of imide groups is 1. The van der Waals surface area contributed by atoms with Crippen molar-refractivity contribution in [3.63, 3.8) is 0 Å². The van der Waals surface area contributed by atoms with Crippen molar-refractivity contribution in [2.75, 3.05) is 4.90 Å². The first-order chi connectivity index (χ1) is 14.9. The Hall–Kier alpha value is -3.29. The smallest absolute Gasteiger partial charge is 0.238 e. The zero-order chi connectivity index (χ0) is 21.5. The molecule has 0 radical (unpaired) electrons. The van der Waals surface area contributed by atoms with Gasteiger partial charge in [-0.1, -0.05) is 48.5 Å². The highest BCUT2D eigenvalue weighted by Crippen LogP contribution is 2.61. The molecule has 2 amide bonds. The van der Waals surface area contributed by atoms with Crippen molar-refractivity contribution >= 4 is 27.5 Å². The Kier molecular flexibility index (Phi) is 3.65. The zero-order valence-electron chi connectivity index (χ0n) is 16.3. The third-order valence-electron chi connectivity index (χ3n) is 6.87. The Labute approximate surface area is 179 Å². The molecule has 1 heterocycles. The summed E-state index contributed by atoms with van der Waals surface area (Å²) in [5.41, 5.74) is 4.81. The molecule has 2 N–H and O–H groups in total. The van der Waals surface area contributed by atoms with Crippen LogP contribution in [0.15, 0.2) is 77.7 Å². The number of anilines is 1. The van der Waals surface area contributed by atoms with Gasteiger partial charge in [0.2, 0.25) is 21.8 Å². The van der Waals surface area contributed by atoms with Crippen molar-refractivity contribution in [3.8, 4) is 0 Å². The largest absolute Gasteiger partial charge is 0.274 e. The molecule has 0 saturated carbocycles. The number of benzene rings is 3. The lowest BCUT2D eigenvalue weighted by Gasteiger charge is -2.45. The highest BCUT2D eigenvalue weighted by molar-refractivity contribution is 7.89. The van der Waals surface area contributed by atoms with Crippen LogP contribution in [-0.2, 0) is 19.6 Å². The van der Waals surface area contributed by atoms with E-state index in [-0.39, 0.29) is 28.5 Å². The van der Waals surface area contributed by atoms with Crippen LogP contribution < -0.4 is 10.0 Å². The van der Waals surface area contributed by atoms with E-state index >= 15 is 0 Å². The topological polar surface area (TPSA) is 97.5 Å². The van der Waals surface area contributed by atoms with Gasteiger partial charge >= 0.3 is 0 Å². The molecule has 3 aromatic rings. The standard InChI is InChI=1S/C24H18N2O4S/c25-31(29,30)14-11-9-13(10-12-14)26-23(27)21-19-15-5-1-2-6-16(15)20(22(21)24(26)28)18-8-4-3-7-17(18)19/h1-12,19-22H,(H2,25,29,30)/t19?,20?,21-,22-/m0/s1. The summed E-state index contributed by atoms with van der Waals surface area (Å²) < 4.78 is 23.2. The van der Waals surface area contributed by atoms with E-state index in [2.05, 4.69) is 24.3 Å². The predicted molar refractivity (Wildman–Crippen MR) is 114 cm³/mol. The lowest BCUT2D eigenvalue weighted by Crippen LogP contribution is -2.41. The van der Waals surface area contributed by atoms with Gasteiger partial charge in [-0.25, -0.2) is 18.5 Å². The molecule has 0 aromatic heterocycles. The van der Waals surface area contributed by atoms with E-state index in [1.807, 2.05) is 24.3 Å². The van der Waals surface area contributed by atoms with Crippen LogP contribution in [0.2, 0.25) is 0 Å². The number of nitrogens with two attached hydrogens (primary N) is 1. The highest BCUT2D eigenvalue weighted by atomic mass is 32.2. The molecular formula is C24H18N2O4S. The summed E-state index contributed by atoms with van der Waals surface area (Å²) in [5.74, 6) is -1.77. The average Bonchev–Trinajstić information content (AvgIpc) is 3.04. The van der Waals surface area contributed by atoms with Gasteiger partial charge in [0, 0.05) is 11.8 Å². The van der Waals surface area contributed by atoms with Gasteiger partial charge < -0.3 is 0 Å². The third-order valence-corrected chi connectivity index (χ3v) is 7.80. The monoisotopic (exact) mass is 430 g/mol. The summed E-state index contributed by atoms with van der Waals surface area (Å²) in [5, 5.41) is 5.18. The fourth-order valence-corrected chi connectivity index (χ4v) is 6.23. The summed E-state index contributed by atoms with van der Waals surface area (Å²) in [6, 6.07) is 21.7. The van der Waals surface area contributed by atoms with Gasteiger partial charge in [0.25, 0.3) is 0 Å². The van der Waals surface area contributed by atoms with Crippen molar-refractivity contribution in [1.29, 1.82) is 0 Å². The molecule has 1 aliphatic heterocycles. The van der Waals surface area contributed by atoms with Gasteiger partial charge in [-0.3, -0.25) is 9.59 Å². The second-order valence-electron chi connectivity index (χ2n) is 8.32. The second kappa shape index (κ2) is 6.12. The van der Waals surface area contributed by atoms with Crippen molar-refractivity contribution in [3.05, 3.63) is 95.1 Å². The van der Waals surface area contributed by atoms with Crippen LogP contribution >= 0.6 is 0 Å². The van der Waals surface area contributed by atoms with Crippen molar-refractivity contribution in [1.82, 2.24) is 0 Å². The van der Waals surface area contributed by atoms with Crippen LogP contribution in [0.1, 0.15) is 34.1 Å². The molecule has 4 aliphatic rings. The predicted octanol–water partition coefficient (Wildman–Crippen LogP) is 2.73. The van der Waals surface area contributed by atoms with E-state index in [0.717, 1.165) is 22.3 Å². The number of hydrogen-bond acceptors (Lipinski definition) is 4. The molecule has 3 aliphatic carbocycles. The van der Waals surface area contributed by atoms with Gasteiger partial charge in [0.15, 0.2) is 0 Å². The molecular weight excluding hydrogens is 412 g/mol. The molecule has 31 heavy (non-hydrogen) atoms. The molecule has 3 aromatic carbocycles. The Morgan fingerprint density at radius 2 is 1.03 bits per heavy atom. The van der Waals surface area contributed by atoms with Crippen LogP contribution in [0.25, 0.3) is 0 Å². The Bertz CT molecular complexity index is 1270. The first-order valence-corrected chi connectivity index (χ1v) is 11.6. The molecule has 154 valence electrons. The van der Waals surface area contributed by atoms with Crippen LogP contribution in [0.3, 0.4) is 0 Å². The number of primary sulfonamides is 1. The molecule has 6 nitrogen and oxygen atoms in total. The van der Waals surface area contributed by atoms with Gasteiger partial charge in [0.1, 0.15) is 0 Å². The number of nitrogens with zero attached hydrogens (tertiary/aromatic N) is 1. The van der Waals surface area contributed by atoms with Gasteiger partial charge in [0.05, 0.1) is 22.4 Å². The van der Waals surface area contributed by atoms with Crippen LogP contribution in [0, 0.1) is 11.8 Å². The van der Waals surface area contributed by atoms with Gasteiger partial charge in [-0.2, -0.15) is 0 Å². The number of carbonyl (C=O) groups excluding carboxylic acids is 2. The molecule has 0 spiro atoms. The zero-order valence-corrected chi connectivity index (χ0v) is 17.1. The molecule has 2 bridgehead atoms. The molecule has 2 atom stereocenters. The number of carbonyl (C=O) groups is 2. The van der Waals surface area contributed by atoms with Crippen molar-refractivity contribution in [2.45, 2.75) is 16.7 Å². The molecule has 7 heteroatoms. The van der Waals surface area contributed by atoms with E-state index in [1.165, 1.54) is 29.2 Å². The number of amides is 2. The lowest BCUT2D eigenvalue weighted by atomic mass is 9.55. The Morgan fingerprint density at radius 1 is 0.645 bits per heavy atom. The minimum Gasteiger partial charge on any atom is -0.274 e. The van der Waals surface area contributed by atoms with Crippen molar-refractivity contribution in [2.24, 2.45) is 17.0 Å². The van der Waals surface area contributed by atoms with E-state index < -0.39 is 21.9 Å². The summed E-state index contributed by atoms with van der Waals surface area (Å²) in [4.78, 5) is 28.4. The molecule has 1 fully saturated rings. The van der Waals surface area contributed by atoms with Crippen LogP contribution in [0.5, 0.6) is 0 Å². The quantitative estimate of drug-likeness (QED) is 0.632. The minimum atomic E-state index is -3.86. The molecule has 1 saturated heterocycles. The molecule has 0 unspecified atom stereocenters. The Morgan fingerprint density at radius 3 is 1.39 bits per heavy atom. The average molecular weight is 430 g/mol. The fourth-order valence-electron chi connectivity index (χ4n) is 5.72. The normalized spacial score (nSPS) is 25.9. The minimum absolute atomic E-state index is 0.0624.